The van der Waals surface area contributed by atoms with Crippen LogP contribution in [0.1, 0.15) is 5.56 Å². The molecule has 1 saturated heterocycles. The summed E-state index contributed by atoms with van der Waals surface area (Å²) in [6.07, 6.45) is 0. The molecular weight excluding hydrogens is 164 g/mol. The van der Waals surface area contributed by atoms with E-state index in [1.54, 1.807) is 4.90 Å². The average Bonchev–Trinajstić information content (AvgIpc) is 2.53. The number of hydrogen-bond donors (Lipinski definition) is 1. The van der Waals surface area contributed by atoms with E-state index in [-0.39, 0.29) is 6.03 Å². The number of carbonyl (C=O) groups is 1. The van der Waals surface area contributed by atoms with Gasteiger partial charge in [-0.05, 0) is 24.6 Å². The highest BCUT2D eigenvalue weighted by atomic mass is 16.2. The van der Waals surface area contributed by atoms with E-state index in [1.807, 2.05) is 24.3 Å². The zero-order chi connectivity index (χ0) is 9.26. The van der Waals surface area contributed by atoms with Crippen LogP contribution in [0.3, 0.4) is 0 Å². The van der Waals surface area contributed by atoms with E-state index in [4.69, 9.17) is 0 Å². The molecule has 0 saturated carbocycles. The largest absolute Gasteiger partial charge is 0.336 e. The Morgan fingerprint density at radius 3 is 2.54 bits per heavy atom. The molecule has 1 aromatic carbocycles. The van der Waals surface area contributed by atoms with Crippen molar-refractivity contribution in [2.45, 2.75) is 0 Å². The maximum absolute atomic E-state index is 11.3. The van der Waals surface area contributed by atoms with Gasteiger partial charge in [0.25, 0.3) is 0 Å². The first kappa shape index (κ1) is 8.10. The lowest BCUT2D eigenvalue weighted by Crippen LogP contribution is -2.27. The topological polar surface area (TPSA) is 32.3 Å². The summed E-state index contributed by atoms with van der Waals surface area (Å²) in [4.78, 5) is 13.0. The van der Waals surface area contributed by atoms with Gasteiger partial charge in [-0.15, -0.1) is 0 Å². The SMILES string of the molecule is [CH2]c1ccc(N2CCNC2=O)cc1. The molecule has 13 heavy (non-hydrogen) atoms. The summed E-state index contributed by atoms with van der Waals surface area (Å²) in [5.41, 5.74) is 1.89. The molecule has 3 heteroatoms. The van der Waals surface area contributed by atoms with Crippen molar-refractivity contribution in [3.63, 3.8) is 0 Å². The van der Waals surface area contributed by atoms with Crippen LogP contribution in [0.2, 0.25) is 0 Å². The fourth-order valence-electron chi connectivity index (χ4n) is 1.39. The second-order valence-electron chi connectivity index (χ2n) is 3.05. The van der Waals surface area contributed by atoms with E-state index in [1.165, 1.54) is 0 Å². The maximum atomic E-state index is 11.3. The molecule has 1 N–H and O–H groups in total. The summed E-state index contributed by atoms with van der Waals surface area (Å²) in [5, 5.41) is 2.75. The monoisotopic (exact) mass is 175 g/mol. The fraction of sp³-hybridized carbons (Fsp3) is 0.200. The zero-order valence-electron chi connectivity index (χ0n) is 7.29. The van der Waals surface area contributed by atoms with Crippen molar-refractivity contribution in [1.82, 2.24) is 5.32 Å². The van der Waals surface area contributed by atoms with Gasteiger partial charge in [-0.3, -0.25) is 4.90 Å². The van der Waals surface area contributed by atoms with Crippen molar-refractivity contribution in [3.05, 3.63) is 36.8 Å². The highest BCUT2D eigenvalue weighted by molar-refractivity contribution is 5.93. The molecule has 1 aromatic rings. The van der Waals surface area contributed by atoms with Crippen LogP contribution in [0, 0.1) is 6.92 Å². The number of nitrogens with zero attached hydrogens (tertiary/aromatic N) is 1. The van der Waals surface area contributed by atoms with E-state index < -0.39 is 0 Å². The first-order valence-corrected chi connectivity index (χ1v) is 4.25. The van der Waals surface area contributed by atoms with Gasteiger partial charge in [-0.25, -0.2) is 4.79 Å². The average molecular weight is 175 g/mol. The van der Waals surface area contributed by atoms with E-state index in [0.717, 1.165) is 24.3 Å². The Hall–Kier alpha value is -1.51. The smallest absolute Gasteiger partial charge is 0.321 e. The molecule has 0 atom stereocenters. The van der Waals surface area contributed by atoms with Crippen molar-refractivity contribution in [3.8, 4) is 0 Å². The predicted octanol–water partition coefficient (Wildman–Crippen LogP) is 1.40. The molecule has 1 aliphatic rings. The van der Waals surface area contributed by atoms with Gasteiger partial charge in [0.2, 0.25) is 0 Å². The van der Waals surface area contributed by atoms with E-state index >= 15 is 0 Å². The molecule has 0 bridgehead atoms. The second kappa shape index (κ2) is 3.09. The van der Waals surface area contributed by atoms with E-state index in [9.17, 15) is 4.79 Å². The van der Waals surface area contributed by atoms with Gasteiger partial charge in [-0.2, -0.15) is 0 Å². The summed E-state index contributed by atoms with van der Waals surface area (Å²) < 4.78 is 0. The van der Waals surface area contributed by atoms with Gasteiger partial charge in [0, 0.05) is 18.8 Å². The molecule has 0 unspecified atom stereocenters. The molecular formula is C10H11N2O. The Kier molecular flexibility index (Phi) is 1.93. The number of carbonyl (C=O) groups excluding carboxylic acids is 1. The lowest BCUT2D eigenvalue weighted by Gasteiger charge is -2.13. The van der Waals surface area contributed by atoms with Crippen molar-refractivity contribution >= 4 is 11.7 Å². The van der Waals surface area contributed by atoms with Crippen LogP contribution in [0.15, 0.2) is 24.3 Å². The van der Waals surface area contributed by atoms with Gasteiger partial charge in [0.05, 0.1) is 0 Å². The summed E-state index contributed by atoms with van der Waals surface area (Å²) in [5.74, 6) is 0. The van der Waals surface area contributed by atoms with Crippen LogP contribution in [0.25, 0.3) is 0 Å². The van der Waals surface area contributed by atoms with Crippen LogP contribution >= 0.6 is 0 Å². The third-order valence-electron chi connectivity index (χ3n) is 2.10. The van der Waals surface area contributed by atoms with Crippen molar-refractivity contribution in [2.75, 3.05) is 18.0 Å². The van der Waals surface area contributed by atoms with Crippen LogP contribution in [0.4, 0.5) is 10.5 Å². The predicted molar refractivity (Wildman–Crippen MR) is 51.6 cm³/mol. The second-order valence-corrected chi connectivity index (χ2v) is 3.05. The fourth-order valence-corrected chi connectivity index (χ4v) is 1.39. The van der Waals surface area contributed by atoms with Gasteiger partial charge in [-0.1, -0.05) is 12.1 Å². The molecule has 3 nitrogen and oxygen atoms in total. The lowest BCUT2D eigenvalue weighted by molar-refractivity contribution is 0.252. The summed E-state index contributed by atoms with van der Waals surface area (Å²) in [6, 6.07) is 7.61. The van der Waals surface area contributed by atoms with E-state index in [2.05, 4.69) is 12.2 Å². The maximum Gasteiger partial charge on any atom is 0.321 e. The lowest BCUT2D eigenvalue weighted by atomic mass is 10.2. The Balaban J connectivity index is 2.25. The minimum absolute atomic E-state index is 0.0168. The van der Waals surface area contributed by atoms with E-state index in [0.29, 0.717) is 0 Å². The summed E-state index contributed by atoms with van der Waals surface area (Å²) in [6.45, 7) is 5.26. The molecule has 0 aliphatic carbocycles. The third-order valence-corrected chi connectivity index (χ3v) is 2.10. The first-order valence-electron chi connectivity index (χ1n) is 4.25. The normalized spacial score (nSPS) is 16.1. The van der Waals surface area contributed by atoms with Crippen LogP contribution < -0.4 is 10.2 Å². The number of urea groups is 1. The number of benzene rings is 1. The highest BCUT2D eigenvalue weighted by Crippen LogP contribution is 2.16. The first-order chi connectivity index (χ1) is 6.27. The standard InChI is InChI=1S/C10H11N2O/c1-8-2-4-9(5-3-8)12-7-6-11-10(12)13/h2-5H,1,6-7H2,(H,11,13). The minimum Gasteiger partial charge on any atom is -0.336 e. The summed E-state index contributed by atoms with van der Waals surface area (Å²) in [7, 11) is 0. The van der Waals surface area contributed by atoms with Crippen molar-refractivity contribution in [2.24, 2.45) is 0 Å². The Bertz CT molecular complexity index is 318. The molecule has 1 radical (unpaired) electrons. The molecule has 2 amide bonds. The van der Waals surface area contributed by atoms with Crippen molar-refractivity contribution < 1.29 is 4.79 Å². The third kappa shape index (κ3) is 1.49. The Labute approximate surface area is 77.4 Å². The minimum atomic E-state index is -0.0168. The van der Waals surface area contributed by atoms with Gasteiger partial charge in [0.1, 0.15) is 0 Å². The van der Waals surface area contributed by atoms with Gasteiger partial charge >= 0.3 is 6.03 Å². The molecule has 1 fully saturated rings. The Morgan fingerprint density at radius 2 is 2.00 bits per heavy atom. The van der Waals surface area contributed by atoms with Crippen LogP contribution in [-0.4, -0.2) is 19.1 Å². The highest BCUT2D eigenvalue weighted by Gasteiger charge is 2.20. The van der Waals surface area contributed by atoms with Crippen LogP contribution in [-0.2, 0) is 0 Å². The molecule has 1 heterocycles. The quantitative estimate of drug-likeness (QED) is 0.687. The molecule has 2 rings (SSSR count). The zero-order valence-corrected chi connectivity index (χ0v) is 7.29. The number of nitrogens with one attached hydrogen (secondary N) is 1. The number of anilines is 1. The Morgan fingerprint density at radius 1 is 1.31 bits per heavy atom. The summed E-state index contributed by atoms with van der Waals surface area (Å²) >= 11 is 0. The number of amides is 2. The van der Waals surface area contributed by atoms with Crippen LogP contribution in [0.5, 0.6) is 0 Å². The molecule has 0 aromatic heterocycles. The molecule has 1 aliphatic heterocycles. The number of hydrogen-bond acceptors (Lipinski definition) is 1. The van der Waals surface area contributed by atoms with Crippen molar-refractivity contribution in [1.29, 1.82) is 0 Å². The molecule has 0 spiro atoms. The van der Waals surface area contributed by atoms with Gasteiger partial charge in [0.15, 0.2) is 0 Å². The number of rotatable bonds is 1. The molecule has 67 valence electrons. The van der Waals surface area contributed by atoms with Gasteiger partial charge < -0.3 is 5.32 Å².